The minimum atomic E-state index is -0.377. The van der Waals surface area contributed by atoms with Crippen molar-refractivity contribution in [2.45, 2.75) is 26.4 Å². The molecule has 0 spiro atoms. The van der Waals surface area contributed by atoms with Crippen LogP contribution in [0.2, 0.25) is 0 Å². The zero-order chi connectivity index (χ0) is 9.14. The SMILES string of the molecule is CC(C)CC(O)c1cncn1C. The van der Waals surface area contributed by atoms with Crippen LogP contribution < -0.4 is 0 Å². The molecular formula is C9H16N2O. The number of aromatic nitrogens is 2. The summed E-state index contributed by atoms with van der Waals surface area (Å²) in [5, 5.41) is 9.70. The molecule has 0 saturated carbocycles. The van der Waals surface area contributed by atoms with Gasteiger partial charge in [-0.05, 0) is 12.3 Å². The normalized spacial score (nSPS) is 13.8. The van der Waals surface area contributed by atoms with E-state index in [1.165, 1.54) is 0 Å². The standard InChI is InChI=1S/C9H16N2O/c1-7(2)4-9(12)8-5-10-6-11(8)3/h5-7,9,12H,4H2,1-3H3. The monoisotopic (exact) mass is 168 g/mol. The van der Waals surface area contributed by atoms with Gasteiger partial charge in [0.05, 0.1) is 24.3 Å². The van der Waals surface area contributed by atoms with Crippen molar-refractivity contribution in [3.05, 3.63) is 18.2 Å². The molecule has 0 radical (unpaired) electrons. The van der Waals surface area contributed by atoms with Gasteiger partial charge in [0.25, 0.3) is 0 Å². The number of aliphatic hydroxyl groups is 1. The number of aliphatic hydroxyl groups excluding tert-OH is 1. The minimum absolute atomic E-state index is 0.377. The van der Waals surface area contributed by atoms with E-state index in [4.69, 9.17) is 0 Å². The van der Waals surface area contributed by atoms with Crippen LogP contribution in [0.5, 0.6) is 0 Å². The predicted molar refractivity (Wildman–Crippen MR) is 47.6 cm³/mol. The van der Waals surface area contributed by atoms with Gasteiger partial charge >= 0.3 is 0 Å². The smallest absolute Gasteiger partial charge is 0.0958 e. The van der Waals surface area contributed by atoms with Crippen LogP contribution in [0.15, 0.2) is 12.5 Å². The van der Waals surface area contributed by atoms with Crippen molar-refractivity contribution in [2.75, 3.05) is 0 Å². The molecule has 1 atom stereocenters. The van der Waals surface area contributed by atoms with Gasteiger partial charge in [0.2, 0.25) is 0 Å². The van der Waals surface area contributed by atoms with E-state index >= 15 is 0 Å². The summed E-state index contributed by atoms with van der Waals surface area (Å²) in [5.41, 5.74) is 0.892. The van der Waals surface area contributed by atoms with Crippen LogP contribution in [0.1, 0.15) is 32.1 Å². The number of aryl methyl sites for hydroxylation is 1. The van der Waals surface area contributed by atoms with Gasteiger partial charge in [-0.15, -0.1) is 0 Å². The highest BCUT2D eigenvalue weighted by atomic mass is 16.3. The topological polar surface area (TPSA) is 38.1 Å². The van der Waals surface area contributed by atoms with Crippen LogP contribution in [0.3, 0.4) is 0 Å². The Bertz CT molecular complexity index is 242. The fourth-order valence-electron chi connectivity index (χ4n) is 1.26. The third-order valence-electron chi connectivity index (χ3n) is 1.89. The third kappa shape index (κ3) is 2.08. The molecule has 1 unspecified atom stereocenters. The van der Waals surface area contributed by atoms with Crippen molar-refractivity contribution in [1.82, 2.24) is 9.55 Å². The summed E-state index contributed by atoms with van der Waals surface area (Å²) in [4.78, 5) is 3.95. The van der Waals surface area contributed by atoms with Crippen molar-refractivity contribution < 1.29 is 5.11 Å². The Balaban J connectivity index is 2.65. The number of rotatable bonds is 3. The van der Waals surface area contributed by atoms with Crippen molar-refractivity contribution in [1.29, 1.82) is 0 Å². The van der Waals surface area contributed by atoms with Crippen molar-refractivity contribution in [3.63, 3.8) is 0 Å². The van der Waals surface area contributed by atoms with Gasteiger partial charge in [0.15, 0.2) is 0 Å². The lowest BCUT2D eigenvalue weighted by atomic mass is 10.0. The summed E-state index contributed by atoms with van der Waals surface area (Å²) >= 11 is 0. The molecule has 3 nitrogen and oxygen atoms in total. The molecule has 0 aliphatic heterocycles. The lowest BCUT2D eigenvalue weighted by Gasteiger charge is -2.12. The predicted octanol–water partition coefficient (Wildman–Crippen LogP) is 1.50. The van der Waals surface area contributed by atoms with Gasteiger partial charge in [-0.25, -0.2) is 4.98 Å². The first-order chi connectivity index (χ1) is 5.61. The lowest BCUT2D eigenvalue weighted by Crippen LogP contribution is -2.06. The molecule has 0 aliphatic carbocycles. The molecule has 0 amide bonds. The largest absolute Gasteiger partial charge is 0.387 e. The van der Waals surface area contributed by atoms with E-state index in [-0.39, 0.29) is 6.10 Å². The zero-order valence-electron chi connectivity index (χ0n) is 7.86. The van der Waals surface area contributed by atoms with Crippen molar-refractivity contribution in [2.24, 2.45) is 13.0 Å². The van der Waals surface area contributed by atoms with E-state index in [1.807, 2.05) is 11.6 Å². The van der Waals surface area contributed by atoms with Crippen LogP contribution in [0.4, 0.5) is 0 Å². The van der Waals surface area contributed by atoms with Crippen molar-refractivity contribution >= 4 is 0 Å². The van der Waals surface area contributed by atoms with Crippen LogP contribution in [-0.2, 0) is 7.05 Å². The van der Waals surface area contributed by atoms with Crippen LogP contribution in [0, 0.1) is 5.92 Å². The highest BCUT2D eigenvalue weighted by Crippen LogP contribution is 2.19. The third-order valence-corrected chi connectivity index (χ3v) is 1.89. The van der Waals surface area contributed by atoms with Gasteiger partial charge in [-0.2, -0.15) is 0 Å². The number of hydrogen-bond acceptors (Lipinski definition) is 2. The maximum Gasteiger partial charge on any atom is 0.0958 e. The van der Waals surface area contributed by atoms with Gasteiger partial charge in [0, 0.05) is 7.05 Å². The minimum Gasteiger partial charge on any atom is -0.387 e. The summed E-state index contributed by atoms with van der Waals surface area (Å²) in [5.74, 6) is 0.509. The van der Waals surface area contributed by atoms with Gasteiger partial charge in [-0.3, -0.25) is 0 Å². The molecule has 68 valence electrons. The van der Waals surface area contributed by atoms with Gasteiger partial charge < -0.3 is 9.67 Å². The molecule has 0 bridgehead atoms. The van der Waals surface area contributed by atoms with E-state index in [0.717, 1.165) is 12.1 Å². The Morgan fingerprint density at radius 1 is 1.58 bits per heavy atom. The Morgan fingerprint density at radius 2 is 2.25 bits per heavy atom. The highest BCUT2D eigenvalue weighted by Gasteiger charge is 2.12. The average Bonchev–Trinajstić information content (AvgIpc) is 2.33. The Morgan fingerprint density at radius 3 is 2.67 bits per heavy atom. The second kappa shape index (κ2) is 3.72. The maximum absolute atomic E-state index is 9.70. The summed E-state index contributed by atoms with van der Waals surface area (Å²) in [6.45, 7) is 4.19. The first-order valence-electron chi connectivity index (χ1n) is 4.25. The maximum atomic E-state index is 9.70. The van der Waals surface area contributed by atoms with E-state index in [1.54, 1.807) is 12.5 Å². The molecular weight excluding hydrogens is 152 g/mol. The summed E-state index contributed by atoms with van der Waals surface area (Å²) in [6, 6.07) is 0. The van der Waals surface area contributed by atoms with Gasteiger partial charge in [0.1, 0.15) is 0 Å². The number of imidazole rings is 1. The lowest BCUT2D eigenvalue weighted by molar-refractivity contribution is 0.143. The van der Waals surface area contributed by atoms with E-state index < -0.39 is 0 Å². The fourth-order valence-corrected chi connectivity index (χ4v) is 1.26. The molecule has 0 saturated heterocycles. The summed E-state index contributed by atoms with van der Waals surface area (Å²) in [7, 11) is 1.89. The van der Waals surface area contributed by atoms with E-state index in [2.05, 4.69) is 18.8 Å². The van der Waals surface area contributed by atoms with Crippen molar-refractivity contribution in [3.8, 4) is 0 Å². The molecule has 3 heteroatoms. The molecule has 0 fully saturated rings. The highest BCUT2D eigenvalue weighted by molar-refractivity contribution is 5.01. The summed E-state index contributed by atoms with van der Waals surface area (Å²) < 4.78 is 1.85. The van der Waals surface area contributed by atoms with E-state index in [9.17, 15) is 5.11 Å². The van der Waals surface area contributed by atoms with Gasteiger partial charge in [-0.1, -0.05) is 13.8 Å². The van der Waals surface area contributed by atoms with Crippen LogP contribution in [0.25, 0.3) is 0 Å². The Hall–Kier alpha value is -0.830. The molecule has 1 heterocycles. The molecule has 1 rings (SSSR count). The number of hydrogen-bond donors (Lipinski definition) is 1. The Labute approximate surface area is 73.1 Å². The molecule has 0 aromatic carbocycles. The molecule has 0 aliphatic rings. The molecule has 1 aromatic heterocycles. The van der Waals surface area contributed by atoms with Crippen LogP contribution in [-0.4, -0.2) is 14.7 Å². The first-order valence-corrected chi connectivity index (χ1v) is 4.25. The van der Waals surface area contributed by atoms with Crippen LogP contribution >= 0.6 is 0 Å². The average molecular weight is 168 g/mol. The quantitative estimate of drug-likeness (QED) is 0.742. The fraction of sp³-hybridized carbons (Fsp3) is 0.667. The second-order valence-electron chi connectivity index (χ2n) is 3.57. The Kier molecular flexibility index (Phi) is 2.87. The molecule has 12 heavy (non-hydrogen) atoms. The first kappa shape index (κ1) is 9.26. The second-order valence-corrected chi connectivity index (χ2v) is 3.57. The van der Waals surface area contributed by atoms with E-state index in [0.29, 0.717) is 5.92 Å². The number of nitrogens with zero attached hydrogens (tertiary/aromatic N) is 2. The molecule has 1 aromatic rings. The molecule has 1 N–H and O–H groups in total. The summed E-state index contributed by atoms with van der Waals surface area (Å²) in [6.07, 6.45) is 3.84. The zero-order valence-corrected chi connectivity index (χ0v) is 7.86.